The van der Waals surface area contributed by atoms with Gasteiger partial charge < -0.3 is 0 Å². The second-order valence-electron chi connectivity index (χ2n) is 3.91. The summed E-state index contributed by atoms with van der Waals surface area (Å²) in [7, 11) is 0. The van der Waals surface area contributed by atoms with Crippen LogP contribution in [0.4, 0.5) is 0 Å². The maximum absolute atomic E-state index is 11.3. The highest BCUT2D eigenvalue weighted by molar-refractivity contribution is 6.14. The summed E-state index contributed by atoms with van der Waals surface area (Å²) in [5.74, 6) is 2.07. The molecule has 0 aromatic heterocycles. The monoisotopic (exact) mass is 234 g/mol. The summed E-state index contributed by atoms with van der Waals surface area (Å²) in [6.07, 6.45) is 1.95. The quantitative estimate of drug-likeness (QED) is 0.579. The third-order valence-electron chi connectivity index (χ3n) is 2.81. The lowest BCUT2D eigenvalue weighted by atomic mass is 9.93. The van der Waals surface area contributed by atoms with E-state index in [1.54, 1.807) is 0 Å². The predicted molar refractivity (Wildman–Crippen MR) is 75.6 cm³/mol. The van der Waals surface area contributed by atoms with Gasteiger partial charge in [-0.2, -0.15) is 0 Å². The van der Waals surface area contributed by atoms with Gasteiger partial charge in [-0.05, 0) is 23.6 Å². The third kappa shape index (κ3) is 2.48. The van der Waals surface area contributed by atoms with Crippen LogP contribution >= 0.6 is 0 Å². The Morgan fingerprint density at radius 2 is 1.39 bits per heavy atom. The van der Waals surface area contributed by atoms with E-state index < -0.39 is 0 Å². The van der Waals surface area contributed by atoms with Crippen LogP contribution in [0, 0.1) is 0 Å². The Balaban J connectivity index is 2.49. The van der Waals surface area contributed by atoms with E-state index in [0.717, 1.165) is 16.7 Å². The number of rotatable bonds is 3. The normalized spacial score (nSPS) is 10.8. The van der Waals surface area contributed by atoms with Gasteiger partial charge in [0.1, 0.15) is 5.94 Å². The molecule has 0 spiro atoms. The summed E-state index contributed by atoms with van der Waals surface area (Å²) in [5.41, 5.74) is 3.44. The molecule has 0 aliphatic rings. The number of benzene rings is 2. The molecule has 2 aromatic rings. The maximum Gasteiger partial charge on any atom is 0.133 e. The van der Waals surface area contributed by atoms with Gasteiger partial charge in [0.25, 0.3) is 0 Å². The summed E-state index contributed by atoms with van der Waals surface area (Å²) in [6.45, 7) is 1.93. The number of carbonyl (C=O) groups excluding carboxylic acids is 1. The average molecular weight is 234 g/mol. The zero-order valence-corrected chi connectivity index (χ0v) is 10.3. The van der Waals surface area contributed by atoms with Crippen molar-refractivity contribution in [3.63, 3.8) is 0 Å². The van der Waals surface area contributed by atoms with E-state index in [1.807, 2.05) is 73.7 Å². The highest BCUT2D eigenvalue weighted by Crippen LogP contribution is 2.28. The Bertz CT molecular complexity index is 588. The minimum atomic E-state index is 0.601. The fourth-order valence-electron chi connectivity index (χ4n) is 1.95. The van der Waals surface area contributed by atoms with E-state index >= 15 is 0 Å². The summed E-state index contributed by atoms with van der Waals surface area (Å²) in [6, 6.07) is 19.5. The molecule has 0 radical (unpaired) electrons. The molecule has 0 amide bonds. The van der Waals surface area contributed by atoms with Crippen molar-refractivity contribution < 1.29 is 4.79 Å². The highest BCUT2D eigenvalue weighted by Gasteiger charge is 2.10. The van der Waals surface area contributed by atoms with E-state index in [0.29, 0.717) is 5.57 Å². The molecule has 0 unspecified atom stereocenters. The van der Waals surface area contributed by atoms with Crippen LogP contribution in [0.15, 0.2) is 66.7 Å². The van der Waals surface area contributed by atoms with E-state index in [4.69, 9.17) is 0 Å². The lowest BCUT2D eigenvalue weighted by molar-refractivity contribution is 0.569. The van der Waals surface area contributed by atoms with Gasteiger partial charge in [-0.3, -0.25) is 0 Å². The molecular formula is C17H14O. The van der Waals surface area contributed by atoms with Crippen molar-refractivity contribution in [2.24, 2.45) is 0 Å². The zero-order valence-electron chi connectivity index (χ0n) is 10.3. The Hall–Kier alpha value is -2.37. The zero-order chi connectivity index (χ0) is 12.8. The van der Waals surface area contributed by atoms with Crippen molar-refractivity contribution in [2.75, 3.05) is 0 Å². The van der Waals surface area contributed by atoms with Gasteiger partial charge in [0, 0.05) is 0 Å². The standard InChI is InChI=1S/C17H14O/c1-2-16(14-9-5-3-6-10-14)17(13-18)15-11-7-4-8-12-15/h2-12H,1H3. The molecule has 2 rings (SSSR count). The van der Waals surface area contributed by atoms with Crippen LogP contribution in [0.25, 0.3) is 11.1 Å². The van der Waals surface area contributed by atoms with Gasteiger partial charge in [-0.15, -0.1) is 0 Å². The van der Waals surface area contributed by atoms with Crippen molar-refractivity contribution >= 4 is 17.1 Å². The molecule has 0 heterocycles. The average Bonchev–Trinajstić information content (AvgIpc) is 2.46. The van der Waals surface area contributed by atoms with Crippen molar-refractivity contribution in [3.05, 3.63) is 77.9 Å². The van der Waals surface area contributed by atoms with Crippen molar-refractivity contribution in [2.45, 2.75) is 6.92 Å². The summed E-state index contributed by atoms with van der Waals surface area (Å²) in [5, 5.41) is 0. The molecule has 0 bridgehead atoms. The van der Waals surface area contributed by atoms with Gasteiger partial charge in [-0.25, -0.2) is 4.79 Å². The molecule has 18 heavy (non-hydrogen) atoms. The van der Waals surface area contributed by atoms with Gasteiger partial charge in [-0.1, -0.05) is 66.7 Å². The molecule has 0 fully saturated rings. The van der Waals surface area contributed by atoms with Crippen LogP contribution in [0.2, 0.25) is 0 Å². The smallest absolute Gasteiger partial charge is 0.133 e. The van der Waals surface area contributed by atoms with Gasteiger partial charge >= 0.3 is 0 Å². The Labute approximate surface area is 107 Å². The maximum atomic E-state index is 11.3. The highest BCUT2D eigenvalue weighted by atomic mass is 16.1. The van der Waals surface area contributed by atoms with Crippen molar-refractivity contribution in [1.29, 1.82) is 0 Å². The van der Waals surface area contributed by atoms with Crippen molar-refractivity contribution in [1.82, 2.24) is 0 Å². The molecule has 0 atom stereocenters. The van der Waals surface area contributed by atoms with Gasteiger partial charge in [0.15, 0.2) is 0 Å². The molecule has 0 aliphatic carbocycles. The summed E-state index contributed by atoms with van der Waals surface area (Å²) >= 11 is 0. The van der Waals surface area contributed by atoms with E-state index in [9.17, 15) is 4.79 Å². The largest absolute Gasteiger partial charge is 0.233 e. The molecule has 0 N–H and O–H groups in total. The van der Waals surface area contributed by atoms with Crippen LogP contribution in [0.3, 0.4) is 0 Å². The fraction of sp³-hybridized carbons (Fsp3) is 0.0588. The van der Waals surface area contributed by atoms with Crippen molar-refractivity contribution in [3.8, 4) is 0 Å². The summed E-state index contributed by atoms with van der Waals surface area (Å²) in [4.78, 5) is 11.3. The van der Waals surface area contributed by atoms with Gasteiger partial charge in [0.2, 0.25) is 0 Å². The molecule has 1 heteroatoms. The van der Waals surface area contributed by atoms with Crippen LogP contribution in [0.1, 0.15) is 18.1 Å². The molecule has 0 saturated carbocycles. The third-order valence-corrected chi connectivity index (χ3v) is 2.81. The lowest BCUT2D eigenvalue weighted by Gasteiger charge is -2.09. The van der Waals surface area contributed by atoms with Gasteiger partial charge in [0.05, 0.1) is 5.57 Å². The molecular weight excluding hydrogens is 220 g/mol. The second kappa shape index (κ2) is 5.81. The minimum absolute atomic E-state index is 0.601. The van der Waals surface area contributed by atoms with E-state index in [-0.39, 0.29) is 0 Å². The number of allylic oxidation sites excluding steroid dienone is 3. The Morgan fingerprint density at radius 1 is 0.889 bits per heavy atom. The van der Waals surface area contributed by atoms with Crippen LogP contribution in [-0.2, 0) is 4.79 Å². The molecule has 88 valence electrons. The van der Waals surface area contributed by atoms with E-state index in [2.05, 4.69) is 5.94 Å². The Kier molecular flexibility index (Phi) is 3.90. The first-order valence-electron chi connectivity index (χ1n) is 5.89. The van der Waals surface area contributed by atoms with Crippen LogP contribution in [-0.4, -0.2) is 5.94 Å². The first-order chi connectivity index (χ1) is 8.86. The SMILES string of the molecule is CC=C(C(=C=O)c1ccccc1)c1ccccc1. The molecule has 0 aliphatic heterocycles. The van der Waals surface area contributed by atoms with Crippen LogP contribution in [0.5, 0.6) is 0 Å². The predicted octanol–water partition coefficient (Wildman–Crippen LogP) is 4.01. The fourth-order valence-corrected chi connectivity index (χ4v) is 1.95. The topological polar surface area (TPSA) is 17.1 Å². The summed E-state index contributed by atoms with van der Waals surface area (Å²) < 4.78 is 0. The Morgan fingerprint density at radius 3 is 1.83 bits per heavy atom. The molecule has 1 nitrogen and oxygen atoms in total. The minimum Gasteiger partial charge on any atom is -0.233 e. The first kappa shape index (κ1) is 12.1. The number of hydrogen-bond acceptors (Lipinski definition) is 1. The van der Waals surface area contributed by atoms with Crippen LogP contribution < -0.4 is 0 Å². The van der Waals surface area contributed by atoms with E-state index in [1.165, 1.54) is 0 Å². The lowest BCUT2D eigenvalue weighted by Crippen LogP contribution is -1.91. The first-order valence-corrected chi connectivity index (χ1v) is 5.89. The number of hydrogen-bond donors (Lipinski definition) is 0. The second-order valence-corrected chi connectivity index (χ2v) is 3.91. The molecule has 0 saturated heterocycles. The molecule has 2 aromatic carbocycles.